The molecule has 9 heteroatoms. The van der Waals surface area contributed by atoms with Crippen LogP contribution in [-0.2, 0) is 4.79 Å². The fourth-order valence-electron chi connectivity index (χ4n) is 6.02. The number of guanidine groups is 1. The second kappa shape index (κ2) is 10.8. The molecule has 0 bridgehead atoms. The molecule has 2 fully saturated rings. The van der Waals surface area contributed by atoms with Gasteiger partial charge in [0.1, 0.15) is 15.8 Å². The zero-order chi connectivity index (χ0) is 24.3. The number of carbonyl (C=O) groups excluding carboxylic acids is 2. The zero-order valence-electron chi connectivity index (χ0n) is 19.9. The highest BCUT2D eigenvalue weighted by Gasteiger charge is 2.48. The van der Waals surface area contributed by atoms with Gasteiger partial charge in [0.2, 0.25) is 0 Å². The van der Waals surface area contributed by atoms with Gasteiger partial charge in [-0.05, 0) is 56.1 Å². The van der Waals surface area contributed by atoms with Gasteiger partial charge in [-0.25, -0.2) is 9.98 Å². The third-order valence-corrected chi connectivity index (χ3v) is 8.22. The minimum absolute atomic E-state index is 0.0213. The van der Waals surface area contributed by atoms with Crippen molar-refractivity contribution in [2.45, 2.75) is 88.6 Å². The van der Waals surface area contributed by atoms with Crippen molar-refractivity contribution in [2.75, 3.05) is 7.05 Å². The topological polar surface area (TPSA) is 101 Å². The number of hydrogen-bond donors (Lipinski definition) is 2. The Kier molecular flexibility index (Phi) is 8.03. The zero-order valence-corrected chi connectivity index (χ0v) is 21.4. The molecule has 2 heterocycles. The van der Waals surface area contributed by atoms with Crippen LogP contribution < -0.4 is 11.1 Å². The standard InChI is InChI=1S/C25H35Cl2N5O2/c1-32-23(34)25(31-24(32)28,11-10-16-6-3-2-4-7-16)15-17-8-5-9-19(12-17)29-22(33)18-13-20(26)30-21(27)14-18/h13-14,16-17,19H,2-12,15H2,1H3,(H2,28,31)(H,29,33)/t17-,19+,25+/m0/s1. The fourth-order valence-corrected chi connectivity index (χ4v) is 6.49. The van der Waals surface area contributed by atoms with Crippen LogP contribution in [0.25, 0.3) is 0 Å². The Hall–Kier alpha value is -1.86. The molecule has 0 saturated heterocycles. The maximum Gasteiger partial charge on any atom is 0.257 e. The largest absolute Gasteiger partial charge is 0.369 e. The molecule has 186 valence electrons. The highest BCUT2D eigenvalue weighted by Crippen LogP contribution is 2.40. The molecule has 3 N–H and O–H groups in total. The van der Waals surface area contributed by atoms with Crippen molar-refractivity contribution >= 4 is 41.0 Å². The normalized spacial score (nSPS) is 28.1. The number of aliphatic imine (C=N–C) groups is 1. The molecule has 0 unspecified atom stereocenters. The molecule has 0 spiro atoms. The minimum Gasteiger partial charge on any atom is -0.369 e. The summed E-state index contributed by atoms with van der Waals surface area (Å²) in [5, 5.41) is 3.52. The van der Waals surface area contributed by atoms with Crippen molar-refractivity contribution in [1.29, 1.82) is 0 Å². The smallest absolute Gasteiger partial charge is 0.257 e. The van der Waals surface area contributed by atoms with Gasteiger partial charge in [0, 0.05) is 18.7 Å². The number of hydrogen-bond acceptors (Lipinski definition) is 5. The number of aromatic nitrogens is 1. The summed E-state index contributed by atoms with van der Waals surface area (Å²) >= 11 is 11.9. The average Bonchev–Trinajstić information content (AvgIpc) is 3.01. The first-order valence-corrected chi connectivity index (χ1v) is 13.3. The van der Waals surface area contributed by atoms with E-state index < -0.39 is 5.54 Å². The second-order valence-electron chi connectivity index (χ2n) is 10.3. The van der Waals surface area contributed by atoms with Gasteiger partial charge in [-0.2, -0.15) is 0 Å². The maximum absolute atomic E-state index is 13.3. The van der Waals surface area contributed by atoms with Crippen LogP contribution in [0.15, 0.2) is 17.1 Å². The van der Waals surface area contributed by atoms with Gasteiger partial charge < -0.3 is 11.1 Å². The van der Waals surface area contributed by atoms with E-state index >= 15 is 0 Å². The molecule has 0 radical (unpaired) electrons. The molecule has 0 aromatic carbocycles. The van der Waals surface area contributed by atoms with Crippen LogP contribution in [0.3, 0.4) is 0 Å². The van der Waals surface area contributed by atoms with Gasteiger partial charge in [0.15, 0.2) is 5.96 Å². The molecule has 34 heavy (non-hydrogen) atoms. The summed E-state index contributed by atoms with van der Waals surface area (Å²) in [5.41, 5.74) is 5.75. The molecule has 1 aromatic heterocycles. The van der Waals surface area contributed by atoms with E-state index in [0.29, 0.717) is 29.8 Å². The van der Waals surface area contributed by atoms with Crippen molar-refractivity contribution in [3.05, 3.63) is 28.0 Å². The Balaban J connectivity index is 1.42. The molecular formula is C25H35Cl2N5O2. The summed E-state index contributed by atoms with van der Waals surface area (Å²) in [5.74, 6) is 1.11. The first-order valence-electron chi connectivity index (χ1n) is 12.5. The van der Waals surface area contributed by atoms with Gasteiger partial charge in [0.25, 0.3) is 11.8 Å². The molecule has 1 aliphatic heterocycles. The number of nitrogens with zero attached hydrogens (tertiary/aromatic N) is 3. The summed E-state index contributed by atoms with van der Waals surface area (Å²) in [6.45, 7) is 0. The van der Waals surface area contributed by atoms with Gasteiger partial charge in [-0.1, -0.05) is 68.1 Å². The lowest BCUT2D eigenvalue weighted by atomic mass is 9.74. The van der Waals surface area contributed by atoms with E-state index in [2.05, 4.69) is 10.3 Å². The van der Waals surface area contributed by atoms with E-state index in [1.165, 1.54) is 49.1 Å². The number of halogens is 2. The summed E-state index contributed by atoms with van der Waals surface area (Å²) in [4.78, 5) is 36.3. The lowest BCUT2D eigenvalue weighted by molar-refractivity contribution is -0.131. The van der Waals surface area contributed by atoms with Gasteiger partial charge >= 0.3 is 0 Å². The van der Waals surface area contributed by atoms with Crippen LogP contribution in [0.4, 0.5) is 0 Å². The number of rotatable bonds is 7. The number of amides is 2. The Morgan fingerprint density at radius 2 is 1.79 bits per heavy atom. The molecule has 4 rings (SSSR count). The Morgan fingerprint density at radius 1 is 1.12 bits per heavy atom. The van der Waals surface area contributed by atoms with Crippen molar-refractivity contribution in [2.24, 2.45) is 22.6 Å². The van der Waals surface area contributed by atoms with Crippen molar-refractivity contribution < 1.29 is 9.59 Å². The average molecular weight is 508 g/mol. The summed E-state index contributed by atoms with van der Waals surface area (Å²) in [7, 11) is 1.72. The molecule has 2 aliphatic carbocycles. The predicted octanol–water partition coefficient (Wildman–Crippen LogP) is 4.95. The quantitative estimate of drug-likeness (QED) is 0.509. The molecule has 7 nitrogen and oxygen atoms in total. The number of nitrogens with two attached hydrogens (primary N) is 1. The highest BCUT2D eigenvalue weighted by molar-refractivity contribution is 6.33. The number of carbonyl (C=O) groups is 2. The second-order valence-corrected chi connectivity index (χ2v) is 11.1. The third-order valence-electron chi connectivity index (χ3n) is 7.84. The number of nitrogens with one attached hydrogen (secondary N) is 1. The third kappa shape index (κ3) is 5.85. The summed E-state index contributed by atoms with van der Waals surface area (Å²) in [6.07, 6.45) is 12.6. The first-order chi connectivity index (χ1) is 16.3. The van der Waals surface area contributed by atoms with Crippen LogP contribution in [0.1, 0.15) is 87.4 Å². The van der Waals surface area contributed by atoms with Crippen LogP contribution in [0, 0.1) is 11.8 Å². The van der Waals surface area contributed by atoms with Gasteiger partial charge in [-0.3, -0.25) is 14.5 Å². The Morgan fingerprint density at radius 3 is 2.44 bits per heavy atom. The van der Waals surface area contributed by atoms with Crippen LogP contribution in [0.5, 0.6) is 0 Å². The van der Waals surface area contributed by atoms with Crippen LogP contribution in [0.2, 0.25) is 10.3 Å². The van der Waals surface area contributed by atoms with E-state index in [4.69, 9.17) is 33.9 Å². The highest BCUT2D eigenvalue weighted by atomic mass is 35.5. The summed E-state index contributed by atoms with van der Waals surface area (Å²) < 4.78 is 0. The number of likely N-dealkylation sites (N-methyl/N-ethyl adjacent to an activating group) is 1. The molecule has 3 aliphatic rings. The fraction of sp³-hybridized carbons (Fsp3) is 0.680. The predicted molar refractivity (Wildman–Crippen MR) is 135 cm³/mol. The van der Waals surface area contributed by atoms with Crippen molar-refractivity contribution in [3.63, 3.8) is 0 Å². The molecule has 3 atom stereocenters. The maximum atomic E-state index is 13.3. The van der Waals surface area contributed by atoms with E-state index in [9.17, 15) is 9.59 Å². The first kappa shape index (κ1) is 25.2. The van der Waals surface area contributed by atoms with Gasteiger partial charge in [-0.15, -0.1) is 0 Å². The van der Waals surface area contributed by atoms with Crippen LogP contribution in [-0.4, -0.2) is 46.3 Å². The summed E-state index contributed by atoms with van der Waals surface area (Å²) in [6, 6.07) is 3.07. The molecule has 2 amide bonds. The van der Waals surface area contributed by atoms with Crippen LogP contribution >= 0.6 is 23.2 Å². The lowest BCUT2D eigenvalue weighted by Gasteiger charge is -2.35. The van der Waals surface area contributed by atoms with E-state index in [0.717, 1.165) is 38.5 Å². The van der Waals surface area contributed by atoms with E-state index in [-0.39, 0.29) is 28.2 Å². The minimum atomic E-state index is -0.765. The Labute approximate surface area is 211 Å². The molecular weight excluding hydrogens is 473 g/mol. The molecule has 1 aromatic rings. The Bertz CT molecular complexity index is 929. The SMILES string of the molecule is CN1C(=O)[C@@](CCC2CCCCC2)(C[C@H]2CCC[C@@H](NC(=O)c3cc(Cl)nc(Cl)c3)C2)N=C1N. The van der Waals surface area contributed by atoms with Crippen molar-refractivity contribution in [1.82, 2.24) is 15.2 Å². The molecule has 2 saturated carbocycles. The van der Waals surface area contributed by atoms with Gasteiger partial charge in [0.05, 0.1) is 0 Å². The van der Waals surface area contributed by atoms with E-state index in [1.807, 2.05) is 0 Å². The monoisotopic (exact) mass is 507 g/mol. The number of pyridine rings is 1. The van der Waals surface area contributed by atoms with Crippen molar-refractivity contribution in [3.8, 4) is 0 Å². The van der Waals surface area contributed by atoms with E-state index in [1.54, 1.807) is 7.05 Å². The lowest BCUT2D eigenvalue weighted by Crippen LogP contribution is -2.45.